The van der Waals surface area contributed by atoms with Crippen LogP contribution in [0.4, 0.5) is 11.5 Å². The van der Waals surface area contributed by atoms with E-state index in [1.165, 1.54) is 26.2 Å². The van der Waals surface area contributed by atoms with Crippen molar-refractivity contribution >= 4 is 35.9 Å². The number of hydrogen-bond donors (Lipinski definition) is 4. The van der Waals surface area contributed by atoms with E-state index in [1.54, 1.807) is 24.3 Å². The first kappa shape index (κ1) is 30.0. The molecule has 2 aromatic heterocycles. The number of aromatic nitrogens is 3. The highest BCUT2D eigenvalue weighted by Gasteiger charge is 2.21. The van der Waals surface area contributed by atoms with Crippen molar-refractivity contribution in [3.05, 3.63) is 65.2 Å². The molecule has 1 aliphatic rings. The Hall–Kier alpha value is -4.01. The molecule has 1 aromatic carbocycles. The summed E-state index contributed by atoms with van der Waals surface area (Å²) in [6.45, 7) is 6.29. The summed E-state index contributed by atoms with van der Waals surface area (Å²) < 4.78 is 0. The molecule has 1 saturated heterocycles. The molecule has 0 radical (unpaired) electrons. The van der Waals surface area contributed by atoms with Crippen molar-refractivity contribution in [2.24, 2.45) is 0 Å². The van der Waals surface area contributed by atoms with Crippen molar-refractivity contribution in [1.82, 2.24) is 25.2 Å². The smallest absolute Gasteiger partial charge is 0.221 e. The maximum atomic E-state index is 12.5. The minimum atomic E-state index is -0.609. The first-order valence-corrected chi connectivity index (χ1v) is 14.4. The molecule has 2 amide bonds. The molecule has 11 heteroatoms. The molecule has 2 atom stereocenters. The van der Waals surface area contributed by atoms with E-state index in [1.807, 2.05) is 18.2 Å². The number of likely N-dealkylation sites (tertiary alicyclic amines) is 1. The van der Waals surface area contributed by atoms with E-state index < -0.39 is 5.25 Å². The maximum absolute atomic E-state index is 12.5. The molecule has 214 valence electrons. The minimum Gasteiger partial charge on any atom is -0.382 e. The molecule has 3 aromatic rings. The lowest BCUT2D eigenvalue weighted by atomic mass is 10.0. The van der Waals surface area contributed by atoms with E-state index in [2.05, 4.69) is 38.5 Å². The number of nitrogens with two attached hydrogens (primary N) is 1. The highest BCUT2D eigenvalue weighted by Crippen LogP contribution is 2.31. The summed E-state index contributed by atoms with van der Waals surface area (Å²) in [7, 11) is 0. The fourth-order valence-electron chi connectivity index (χ4n) is 4.93. The number of nitrogen functional groups attached to an aromatic ring is 1. The summed E-state index contributed by atoms with van der Waals surface area (Å²) in [5.41, 5.74) is 9.33. The molecule has 0 aliphatic carbocycles. The Morgan fingerprint density at radius 2 is 1.95 bits per heavy atom. The predicted octanol–water partition coefficient (Wildman–Crippen LogP) is 3.89. The predicted molar refractivity (Wildman–Crippen MR) is 162 cm³/mol. The SMILES string of the molecule is CC(=O)Nc1ccc(-c2nc(C(S)c3cccc(CCC(=O)NCCN4CCCCC4C)n3)nc(N)c2C#N)cc1. The lowest BCUT2D eigenvalue weighted by molar-refractivity contribution is -0.121. The van der Waals surface area contributed by atoms with Gasteiger partial charge in [0.05, 0.1) is 11.4 Å². The van der Waals surface area contributed by atoms with Gasteiger partial charge in [0.1, 0.15) is 28.5 Å². The zero-order valence-corrected chi connectivity index (χ0v) is 24.3. The first-order valence-electron chi connectivity index (χ1n) is 13.9. The van der Waals surface area contributed by atoms with Crippen LogP contribution in [0, 0.1) is 11.3 Å². The Morgan fingerprint density at radius 1 is 1.17 bits per heavy atom. The van der Waals surface area contributed by atoms with Crippen LogP contribution in [0.15, 0.2) is 42.5 Å². The Bertz CT molecular complexity index is 1420. The van der Waals surface area contributed by atoms with Crippen LogP contribution in [0.2, 0.25) is 0 Å². The molecule has 1 fully saturated rings. The second kappa shape index (κ2) is 14.1. The standard InChI is InChI=1S/C30H36N8O2S/c1-19-6-3-4-16-38(19)17-15-33-26(40)14-13-22-7-5-8-25(35-22)28(41)30-36-27(24(18-31)29(32)37-30)21-9-11-23(12-10-21)34-20(2)39/h5,7-12,19,28,41H,3-4,6,13-17H2,1-2H3,(H,33,40)(H,34,39)(H2,32,36,37). The van der Waals surface area contributed by atoms with Crippen LogP contribution in [0.3, 0.4) is 0 Å². The van der Waals surface area contributed by atoms with E-state index >= 15 is 0 Å². The van der Waals surface area contributed by atoms with E-state index in [0.717, 1.165) is 18.8 Å². The van der Waals surface area contributed by atoms with Crippen molar-refractivity contribution in [2.75, 3.05) is 30.7 Å². The third-order valence-corrected chi connectivity index (χ3v) is 7.66. The summed E-state index contributed by atoms with van der Waals surface area (Å²) >= 11 is 4.74. The molecule has 4 N–H and O–H groups in total. The van der Waals surface area contributed by atoms with Crippen LogP contribution in [0.1, 0.15) is 67.6 Å². The number of nitriles is 1. The number of nitrogens with one attached hydrogen (secondary N) is 2. The summed E-state index contributed by atoms with van der Waals surface area (Å²) in [6.07, 6.45) is 4.55. The van der Waals surface area contributed by atoms with Gasteiger partial charge in [0, 0.05) is 49.4 Å². The van der Waals surface area contributed by atoms with Gasteiger partial charge in [-0.1, -0.05) is 24.6 Å². The fraction of sp³-hybridized carbons (Fsp3) is 0.400. The van der Waals surface area contributed by atoms with Crippen LogP contribution in [-0.2, 0) is 16.0 Å². The van der Waals surface area contributed by atoms with Gasteiger partial charge in [0.25, 0.3) is 0 Å². The largest absolute Gasteiger partial charge is 0.382 e. The van der Waals surface area contributed by atoms with Gasteiger partial charge in [-0.15, -0.1) is 0 Å². The van der Waals surface area contributed by atoms with Gasteiger partial charge in [-0.2, -0.15) is 17.9 Å². The summed E-state index contributed by atoms with van der Waals surface area (Å²) in [6, 6.07) is 15.2. The average Bonchev–Trinajstić information content (AvgIpc) is 2.96. The molecule has 10 nitrogen and oxygen atoms in total. The van der Waals surface area contributed by atoms with E-state index in [0.29, 0.717) is 53.9 Å². The van der Waals surface area contributed by atoms with E-state index in [9.17, 15) is 14.9 Å². The summed E-state index contributed by atoms with van der Waals surface area (Å²) in [4.78, 5) is 39.9. The van der Waals surface area contributed by atoms with Crippen molar-refractivity contribution in [3.63, 3.8) is 0 Å². The Labute approximate surface area is 246 Å². The topological polar surface area (TPSA) is 150 Å². The Morgan fingerprint density at radius 3 is 2.66 bits per heavy atom. The van der Waals surface area contributed by atoms with Crippen molar-refractivity contribution in [1.29, 1.82) is 5.26 Å². The van der Waals surface area contributed by atoms with Gasteiger partial charge < -0.3 is 16.4 Å². The number of piperidine rings is 1. The Balaban J connectivity index is 1.42. The molecule has 3 heterocycles. The van der Waals surface area contributed by atoms with Gasteiger partial charge >= 0.3 is 0 Å². The van der Waals surface area contributed by atoms with Gasteiger partial charge in [-0.3, -0.25) is 19.5 Å². The minimum absolute atomic E-state index is 0.00153. The van der Waals surface area contributed by atoms with Crippen molar-refractivity contribution in [2.45, 2.75) is 57.2 Å². The van der Waals surface area contributed by atoms with Crippen LogP contribution < -0.4 is 16.4 Å². The van der Waals surface area contributed by atoms with Crippen LogP contribution >= 0.6 is 12.6 Å². The number of pyridine rings is 1. The number of anilines is 2. The van der Waals surface area contributed by atoms with Crippen molar-refractivity contribution in [3.8, 4) is 17.3 Å². The number of amides is 2. The lowest BCUT2D eigenvalue weighted by Gasteiger charge is -2.33. The molecular weight excluding hydrogens is 536 g/mol. The number of aryl methyl sites for hydroxylation is 1. The third-order valence-electron chi connectivity index (χ3n) is 7.17. The summed E-state index contributed by atoms with van der Waals surface area (Å²) in [5.74, 6) is 0.172. The number of carbonyl (C=O) groups excluding carboxylic acids is 2. The number of benzene rings is 1. The van der Waals surface area contributed by atoms with Gasteiger partial charge in [-0.25, -0.2) is 9.97 Å². The normalized spacial score (nSPS) is 16.0. The second-order valence-electron chi connectivity index (χ2n) is 10.2. The summed E-state index contributed by atoms with van der Waals surface area (Å²) in [5, 5.41) is 14.9. The molecule has 41 heavy (non-hydrogen) atoms. The average molecular weight is 573 g/mol. The number of nitrogens with zero attached hydrogens (tertiary/aromatic N) is 5. The Kier molecular flexibility index (Phi) is 10.3. The third kappa shape index (κ3) is 8.02. The molecule has 4 rings (SSSR count). The lowest BCUT2D eigenvalue weighted by Crippen LogP contribution is -2.42. The van der Waals surface area contributed by atoms with Crippen LogP contribution in [0.5, 0.6) is 0 Å². The maximum Gasteiger partial charge on any atom is 0.221 e. The molecule has 0 saturated carbocycles. The molecule has 0 bridgehead atoms. The van der Waals surface area contributed by atoms with Crippen LogP contribution in [-0.4, -0.2) is 57.3 Å². The monoisotopic (exact) mass is 572 g/mol. The van der Waals surface area contributed by atoms with Crippen LogP contribution in [0.25, 0.3) is 11.3 Å². The molecule has 0 spiro atoms. The molecule has 2 unspecified atom stereocenters. The number of hydrogen-bond acceptors (Lipinski definition) is 9. The van der Waals surface area contributed by atoms with E-state index in [-0.39, 0.29) is 23.2 Å². The highest BCUT2D eigenvalue weighted by molar-refractivity contribution is 7.80. The zero-order chi connectivity index (χ0) is 29.4. The number of rotatable bonds is 10. The molecular formula is C30H36N8O2S. The second-order valence-corrected chi connectivity index (χ2v) is 10.8. The number of thiol groups is 1. The van der Waals surface area contributed by atoms with Gasteiger partial charge in [0.2, 0.25) is 11.8 Å². The quantitative estimate of drug-likeness (QED) is 0.267. The van der Waals surface area contributed by atoms with Gasteiger partial charge in [0.15, 0.2) is 0 Å². The number of carbonyl (C=O) groups is 2. The van der Waals surface area contributed by atoms with Crippen molar-refractivity contribution < 1.29 is 9.59 Å². The van der Waals surface area contributed by atoms with Gasteiger partial charge in [-0.05, 0) is 57.0 Å². The fourth-order valence-corrected chi connectivity index (χ4v) is 5.19. The first-order chi connectivity index (χ1) is 19.7. The highest BCUT2D eigenvalue weighted by atomic mass is 32.1. The van der Waals surface area contributed by atoms with E-state index in [4.69, 9.17) is 23.3 Å². The zero-order valence-electron chi connectivity index (χ0n) is 23.4. The molecule has 1 aliphatic heterocycles.